The molecule has 3 aromatic rings. The Balaban J connectivity index is 1.99. The van der Waals surface area contributed by atoms with Crippen molar-refractivity contribution in [2.45, 2.75) is 39.7 Å². The fourth-order valence-electron chi connectivity index (χ4n) is 4.91. The fourth-order valence-corrected chi connectivity index (χ4v) is 4.91. The van der Waals surface area contributed by atoms with Crippen molar-refractivity contribution in [2.75, 3.05) is 31.0 Å². The van der Waals surface area contributed by atoms with Crippen molar-refractivity contribution in [2.24, 2.45) is 0 Å². The first-order valence-corrected chi connectivity index (χ1v) is 12.4. The Bertz CT molecular complexity index is 1390. The molecule has 0 saturated carbocycles. The second-order valence-electron chi connectivity index (χ2n) is 10.0. The van der Waals surface area contributed by atoms with Gasteiger partial charge in [0.15, 0.2) is 0 Å². The molecule has 1 amide bonds. The van der Waals surface area contributed by atoms with Crippen LogP contribution in [0.2, 0.25) is 0 Å². The molecule has 1 saturated heterocycles. The Morgan fingerprint density at radius 1 is 0.973 bits per heavy atom. The second kappa shape index (κ2) is 10.1. The highest BCUT2D eigenvalue weighted by molar-refractivity contribution is 6.51. The van der Waals surface area contributed by atoms with Gasteiger partial charge in [0, 0.05) is 31.0 Å². The molecule has 0 radical (unpaired) electrons. The molecule has 1 aliphatic rings. The smallest absolute Gasteiger partial charge is 0.300 e. The number of benzene rings is 3. The van der Waals surface area contributed by atoms with Gasteiger partial charge in [0.1, 0.15) is 11.5 Å². The Kier molecular flexibility index (Phi) is 7.12. The maximum Gasteiger partial charge on any atom is 0.300 e. The standard InChI is InChI=1S/C31H34N2O4/c1-18(2)23-17-24(20(4)16-26(23)37-7)29(34)27-28(21-12-14-22(15-13-21)32(5)6)33(31(36)30(27)35)25-11-9-8-10-19(25)3/h8-18,28,34H,1-7H3/b29-27+. The van der Waals surface area contributed by atoms with E-state index in [1.54, 1.807) is 7.11 Å². The number of aliphatic hydroxyl groups is 1. The summed E-state index contributed by atoms with van der Waals surface area (Å²) in [6, 6.07) is 18.1. The van der Waals surface area contributed by atoms with Crippen molar-refractivity contribution in [3.63, 3.8) is 0 Å². The Morgan fingerprint density at radius 3 is 2.19 bits per heavy atom. The number of methoxy groups -OCH3 is 1. The van der Waals surface area contributed by atoms with E-state index in [0.29, 0.717) is 11.3 Å². The van der Waals surface area contributed by atoms with Gasteiger partial charge in [-0.05, 0) is 72.4 Å². The quantitative estimate of drug-likeness (QED) is 0.252. The van der Waals surface area contributed by atoms with Gasteiger partial charge in [0.05, 0.1) is 18.7 Å². The molecular weight excluding hydrogens is 464 g/mol. The van der Waals surface area contributed by atoms with E-state index in [1.807, 2.05) is 107 Å². The number of carbonyl (C=O) groups excluding carboxylic acids is 2. The molecular formula is C31H34N2O4. The van der Waals surface area contributed by atoms with Gasteiger partial charge >= 0.3 is 0 Å². The minimum Gasteiger partial charge on any atom is -0.507 e. The van der Waals surface area contributed by atoms with Gasteiger partial charge in [0.2, 0.25) is 0 Å². The zero-order chi connectivity index (χ0) is 27.0. The molecule has 6 nitrogen and oxygen atoms in total. The van der Waals surface area contributed by atoms with E-state index in [9.17, 15) is 14.7 Å². The predicted octanol–water partition coefficient (Wildman–Crippen LogP) is 6.13. The van der Waals surface area contributed by atoms with E-state index in [1.165, 1.54) is 4.90 Å². The summed E-state index contributed by atoms with van der Waals surface area (Å²) in [5.41, 5.74) is 5.49. The number of aliphatic hydroxyl groups excluding tert-OH is 1. The van der Waals surface area contributed by atoms with Crippen LogP contribution in [0.15, 0.2) is 66.2 Å². The van der Waals surface area contributed by atoms with Gasteiger partial charge in [-0.25, -0.2) is 0 Å². The topological polar surface area (TPSA) is 70.1 Å². The number of amides is 1. The summed E-state index contributed by atoms with van der Waals surface area (Å²) in [4.78, 5) is 30.6. The molecule has 0 aromatic heterocycles. The summed E-state index contributed by atoms with van der Waals surface area (Å²) in [6.07, 6.45) is 0. The van der Waals surface area contributed by atoms with Crippen molar-refractivity contribution in [3.05, 3.63) is 94.1 Å². The second-order valence-corrected chi connectivity index (χ2v) is 10.0. The number of rotatable bonds is 6. The van der Waals surface area contributed by atoms with E-state index in [2.05, 4.69) is 0 Å². The summed E-state index contributed by atoms with van der Waals surface area (Å²) in [5.74, 6) is -0.694. The van der Waals surface area contributed by atoms with Gasteiger partial charge in [-0.2, -0.15) is 0 Å². The molecule has 1 fully saturated rings. The molecule has 0 bridgehead atoms. The van der Waals surface area contributed by atoms with Crippen LogP contribution in [0.4, 0.5) is 11.4 Å². The molecule has 192 valence electrons. The van der Waals surface area contributed by atoms with Gasteiger partial charge in [0.25, 0.3) is 11.7 Å². The SMILES string of the molecule is COc1cc(C)c(/C(O)=C2\C(=O)C(=O)N(c3ccccc3C)C2c2ccc(N(C)C)cc2)cc1C(C)C. The molecule has 1 atom stereocenters. The highest BCUT2D eigenvalue weighted by Gasteiger charge is 2.47. The summed E-state index contributed by atoms with van der Waals surface area (Å²) < 4.78 is 5.56. The number of ketones is 1. The zero-order valence-corrected chi connectivity index (χ0v) is 22.5. The van der Waals surface area contributed by atoms with Crippen LogP contribution in [0.5, 0.6) is 5.75 Å². The number of carbonyl (C=O) groups is 2. The lowest BCUT2D eigenvalue weighted by molar-refractivity contribution is -0.132. The first-order chi connectivity index (χ1) is 17.6. The summed E-state index contributed by atoms with van der Waals surface area (Å²) in [6.45, 7) is 7.85. The third-order valence-electron chi connectivity index (χ3n) is 7.00. The minimum atomic E-state index is -0.777. The molecule has 6 heteroatoms. The fraction of sp³-hybridized carbons (Fsp3) is 0.290. The summed E-state index contributed by atoms with van der Waals surface area (Å²) in [7, 11) is 5.52. The van der Waals surface area contributed by atoms with Crippen LogP contribution in [0, 0.1) is 13.8 Å². The van der Waals surface area contributed by atoms with Crippen molar-refractivity contribution >= 4 is 28.8 Å². The van der Waals surface area contributed by atoms with Crippen LogP contribution in [0.25, 0.3) is 5.76 Å². The Hall–Kier alpha value is -4.06. The minimum absolute atomic E-state index is 0.0776. The number of nitrogens with zero attached hydrogens (tertiary/aromatic N) is 2. The van der Waals surface area contributed by atoms with Crippen molar-refractivity contribution in [1.82, 2.24) is 0 Å². The number of Topliss-reactive ketones (excluding diaryl/α,β-unsaturated/α-hetero) is 1. The van der Waals surface area contributed by atoms with Crippen LogP contribution in [0.1, 0.15) is 53.6 Å². The van der Waals surface area contributed by atoms with Gasteiger partial charge in [-0.15, -0.1) is 0 Å². The van der Waals surface area contributed by atoms with Crippen LogP contribution in [-0.4, -0.2) is 38.0 Å². The lowest BCUT2D eigenvalue weighted by atomic mass is 9.91. The molecule has 4 rings (SSSR count). The van der Waals surface area contributed by atoms with E-state index in [4.69, 9.17) is 4.74 Å². The van der Waals surface area contributed by atoms with Crippen molar-refractivity contribution in [1.29, 1.82) is 0 Å². The van der Waals surface area contributed by atoms with Gasteiger partial charge in [-0.3, -0.25) is 14.5 Å². The van der Waals surface area contributed by atoms with E-state index in [0.717, 1.165) is 33.7 Å². The lowest BCUT2D eigenvalue weighted by Gasteiger charge is -2.27. The molecule has 1 N–H and O–H groups in total. The molecule has 3 aromatic carbocycles. The number of para-hydroxylation sites is 1. The predicted molar refractivity (Wildman–Crippen MR) is 149 cm³/mol. The first-order valence-electron chi connectivity index (χ1n) is 12.4. The Morgan fingerprint density at radius 2 is 1.62 bits per heavy atom. The van der Waals surface area contributed by atoms with Crippen LogP contribution in [-0.2, 0) is 9.59 Å². The molecule has 1 aliphatic heterocycles. The molecule has 37 heavy (non-hydrogen) atoms. The monoisotopic (exact) mass is 498 g/mol. The maximum atomic E-state index is 13.6. The van der Waals surface area contributed by atoms with E-state index >= 15 is 0 Å². The first kappa shape index (κ1) is 26.0. The van der Waals surface area contributed by atoms with E-state index in [-0.39, 0.29) is 17.3 Å². The number of anilines is 2. The van der Waals surface area contributed by atoms with Crippen LogP contribution < -0.4 is 14.5 Å². The number of aryl methyl sites for hydroxylation is 2. The van der Waals surface area contributed by atoms with E-state index < -0.39 is 17.7 Å². The van der Waals surface area contributed by atoms with Crippen LogP contribution in [0.3, 0.4) is 0 Å². The van der Waals surface area contributed by atoms with Crippen molar-refractivity contribution in [3.8, 4) is 5.75 Å². The lowest BCUT2D eigenvalue weighted by Crippen LogP contribution is -2.30. The number of hydrogen-bond acceptors (Lipinski definition) is 5. The number of ether oxygens (including phenoxy) is 1. The van der Waals surface area contributed by atoms with Gasteiger partial charge < -0.3 is 14.7 Å². The average molecular weight is 499 g/mol. The number of hydrogen-bond donors (Lipinski definition) is 1. The highest BCUT2D eigenvalue weighted by Crippen LogP contribution is 2.44. The molecule has 0 aliphatic carbocycles. The van der Waals surface area contributed by atoms with Crippen LogP contribution >= 0.6 is 0 Å². The zero-order valence-electron chi connectivity index (χ0n) is 22.5. The molecule has 0 spiro atoms. The largest absolute Gasteiger partial charge is 0.507 e. The average Bonchev–Trinajstić information content (AvgIpc) is 3.13. The summed E-state index contributed by atoms with van der Waals surface area (Å²) >= 11 is 0. The maximum absolute atomic E-state index is 13.6. The summed E-state index contributed by atoms with van der Waals surface area (Å²) in [5, 5.41) is 11.7. The highest BCUT2D eigenvalue weighted by atomic mass is 16.5. The third kappa shape index (κ3) is 4.59. The van der Waals surface area contributed by atoms with Crippen molar-refractivity contribution < 1.29 is 19.4 Å². The normalized spacial score (nSPS) is 17.0. The molecule has 1 unspecified atom stereocenters. The molecule has 1 heterocycles. The Labute approximate surface area is 218 Å². The van der Waals surface area contributed by atoms with Gasteiger partial charge in [-0.1, -0.05) is 44.2 Å². The third-order valence-corrected chi connectivity index (χ3v) is 7.00.